The van der Waals surface area contributed by atoms with Gasteiger partial charge in [0.1, 0.15) is 0 Å². The van der Waals surface area contributed by atoms with Crippen molar-refractivity contribution >= 4 is 32.5 Å². The molecule has 1 aromatic carbocycles. The fraction of sp³-hybridized carbons (Fsp3) is 0.188. The van der Waals surface area contributed by atoms with Gasteiger partial charge in [-0.15, -0.1) is 0 Å². The van der Waals surface area contributed by atoms with Gasteiger partial charge < -0.3 is 5.32 Å². The summed E-state index contributed by atoms with van der Waals surface area (Å²) in [6.07, 6.45) is 1.47. The number of benzene rings is 1. The Labute approximate surface area is 147 Å². The Morgan fingerprint density at radius 1 is 1.23 bits per heavy atom. The van der Waals surface area contributed by atoms with E-state index in [9.17, 15) is 22.0 Å². The lowest BCUT2D eigenvalue weighted by Crippen LogP contribution is -2.14. The van der Waals surface area contributed by atoms with E-state index in [4.69, 9.17) is 0 Å². The van der Waals surface area contributed by atoms with Crippen LogP contribution < -0.4 is 5.32 Å². The van der Waals surface area contributed by atoms with Gasteiger partial charge in [-0.25, -0.2) is 13.4 Å². The van der Waals surface area contributed by atoms with Crippen LogP contribution in [0.4, 0.5) is 14.5 Å². The summed E-state index contributed by atoms with van der Waals surface area (Å²) in [5.41, 5.74) is 1.99. The first kappa shape index (κ1) is 17.9. The Hall–Kier alpha value is -2.88. The molecule has 0 saturated carbocycles. The van der Waals surface area contributed by atoms with E-state index in [1.54, 1.807) is 17.8 Å². The van der Waals surface area contributed by atoms with Crippen molar-refractivity contribution in [2.45, 2.75) is 17.6 Å². The van der Waals surface area contributed by atoms with Gasteiger partial charge in [0, 0.05) is 18.0 Å². The zero-order valence-electron chi connectivity index (χ0n) is 13.8. The summed E-state index contributed by atoms with van der Waals surface area (Å²) < 4.78 is 49.5. The van der Waals surface area contributed by atoms with E-state index in [2.05, 4.69) is 15.4 Å². The zero-order chi connectivity index (χ0) is 19.1. The maximum absolute atomic E-state index is 12.5. The van der Waals surface area contributed by atoms with Gasteiger partial charge in [-0.05, 0) is 37.3 Å². The number of rotatable bonds is 4. The molecule has 0 saturated heterocycles. The number of anilines is 1. The Balaban J connectivity index is 1.83. The van der Waals surface area contributed by atoms with Gasteiger partial charge in [-0.2, -0.15) is 13.9 Å². The quantitative estimate of drug-likeness (QED) is 0.751. The molecule has 0 aliphatic carbocycles. The van der Waals surface area contributed by atoms with Crippen molar-refractivity contribution in [3.63, 3.8) is 0 Å². The van der Waals surface area contributed by atoms with Gasteiger partial charge in [0.2, 0.25) is 9.84 Å². The number of amides is 1. The van der Waals surface area contributed by atoms with Crippen LogP contribution in [-0.2, 0) is 16.9 Å². The Morgan fingerprint density at radius 2 is 1.88 bits per heavy atom. The Bertz CT molecular complexity index is 1090. The molecule has 0 unspecified atom stereocenters. The van der Waals surface area contributed by atoms with Crippen LogP contribution in [0.1, 0.15) is 16.1 Å². The van der Waals surface area contributed by atoms with Gasteiger partial charge >= 0.3 is 5.76 Å². The van der Waals surface area contributed by atoms with Gasteiger partial charge in [0.05, 0.1) is 22.5 Å². The number of halogens is 2. The van der Waals surface area contributed by atoms with E-state index in [1.165, 1.54) is 18.3 Å². The van der Waals surface area contributed by atoms with Crippen molar-refractivity contribution < 1.29 is 22.0 Å². The first-order chi connectivity index (χ1) is 12.2. The predicted octanol–water partition coefficient (Wildman–Crippen LogP) is 2.53. The number of nitrogens with zero attached hydrogens (tertiary/aromatic N) is 3. The standard InChI is InChI=1S/C16H14F2N4O3S/c1-9-13-7-11(8-19-14(13)22(2)21-9)20-15(23)10-3-5-12(6-4-10)26(24,25)16(17)18/h3-8,16H,1-2H3,(H,20,23). The van der Waals surface area contributed by atoms with Crippen molar-refractivity contribution in [3.8, 4) is 0 Å². The van der Waals surface area contributed by atoms with Crippen molar-refractivity contribution in [1.29, 1.82) is 0 Å². The molecule has 0 aliphatic heterocycles. The second-order valence-electron chi connectivity index (χ2n) is 5.59. The molecule has 0 aliphatic rings. The van der Waals surface area contributed by atoms with E-state index < -0.39 is 26.4 Å². The summed E-state index contributed by atoms with van der Waals surface area (Å²) >= 11 is 0. The Kier molecular flexibility index (Phi) is 4.45. The van der Waals surface area contributed by atoms with Crippen LogP contribution in [0.2, 0.25) is 0 Å². The molecule has 10 heteroatoms. The SMILES string of the molecule is Cc1nn(C)c2ncc(NC(=O)c3ccc(S(=O)(=O)C(F)F)cc3)cc12. The number of carbonyl (C=O) groups is 1. The molecular formula is C16H14F2N4O3S. The molecule has 0 spiro atoms. The van der Waals surface area contributed by atoms with E-state index in [1.807, 2.05) is 6.92 Å². The summed E-state index contributed by atoms with van der Waals surface area (Å²) in [5.74, 6) is -4.03. The molecule has 3 aromatic rings. The van der Waals surface area contributed by atoms with Crippen LogP contribution in [0.3, 0.4) is 0 Å². The molecular weight excluding hydrogens is 366 g/mol. The van der Waals surface area contributed by atoms with E-state index in [-0.39, 0.29) is 5.56 Å². The molecule has 136 valence electrons. The smallest absolute Gasteiger partial charge is 0.321 e. The topological polar surface area (TPSA) is 93.9 Å². The summed E-state index contributed by atoms with van der Waals surface area (Å²) in [4.78, 5) is 16.0. The van der Waals surface area contributed by atoms with Crippen LogP contribution in [0.25, 0.3) is 11.0 Å². The minimum Gasteiger partial charge on any atom is -0.321 e. The first-order valence-electron chi connectivity index (χ1n) is 7.43. The van der Waals surface area contributed by atoms with Crippen molar-refractivity contribution in [3.05, 3.63) is 47.8 Å². The summed E-state index contributed by atoms with van der Waals surface area (Å²) in [7, 11) is -2.93. The number of hydrogen-bond donors (Lipinski definition) is 1. The number of alkyl halides is 2. The second-order valence-corrected chi connectivity index (χ2v) is 7.51. The first-order valence-corrected chi connectivity index (χ1v) is 8.97. The fourth-order valence-electron chi connectivity index (χ4n) is 2.48. The van der Waals surface area contributed by atoms with Crippen molar-refractivity contribution in [2.75, 3.05) is 5.32 Å². The number of nitrogens with one attached hydrogen (secondary N) is 1. The third-order valence-electron chi connectivity index (χ3n) is 3.80. The molecule has 0 atom stereocenters. The molecule has 1 amide bonds. The van der Waals surface area contributed by atoms with Gasteiger partial charge in [-0.1, -0.05) is 0 Å². The number of fused-ring (bicyclic) bond motifs is 1. The highest BCUT2D eigenvalue weighted by atomic mass is 32.2. The minimum atomic E-state index is -4.69. The third kappa shape index (κ3) is 3.15. The maximum atomic E-state index is 12.5. The normalized spacial score (nSPS) is 11.9. The maximum Gasteiger partial charge on any atom is 0.341 e. The molecule has 0 bridgehead atoms. The molecule has 2 aromatic heterocycles. The van der Waals surface area contributed by atoms with Crippen LogP contribution in [0.15, 0.2) is 41.4 Å². The number of pyridine rings is 1. The molecule has 7 nitrogen and oxygen atoms in total. The van der Waals surface area contributed by atoms with Crippen molar-refractivity contribution in [2.24, 2.45) is 7.05 Å². The molecule has 2 heterocycles. The van der Waals surface area contributed by atoms with E-state index >= 15 is 0 Å². The number of sulfone groups is 1. The second kappa shape index (κ2) is 6.45. The molecule has 0 fully saturated rings. The monoisotopic (exact) mass is 380 g/mol. The lowest BCUT2D eigenvalue weighted by atomic mass is 10.2. The van der Waals surface area contributed by atoms with Crippen molar-refractivity contribution in [1.82, 2.24) is 14.8 Å². The zero-order valence-corrected chi connectivity index (χ0v) is 14.6. The van der Waals surface area contributed by atoms with Crippen LogP contribution in [-0.4, -0.2) is 34.8 Å². The lowest BCUT2D eigenvalue weighted by Gasteiger charge is -2.07. The van der Waals surface area contributed by atoms with Crippen LogP contribution in [0.5, 0.6) is 0 Å². The number of hydrogen-bond acceptors (Lipinski definition) is 5. The minimum absolute atomic E-state index is 0.126. The Morgan fingerprint density at radius 3 is 2.50 bits per heavy atom. The number of carbonyl (C=O) groups excluding carboxylic acids is 1. The van der Waals surface area contributed by atoms with Gasteiger partial charge in [0.25, 0.3) is 5.91 Å². The van der Waals surface area contributed by atoms with E-state index in [0.717, 1.165) is 23.2 Å². The lowest BCUT2D eigenvalue weighted by molar-refractivity contribution is 0.102. The number of aromatic nitrogens is 3. The van der Waals surface area contributed by atoms with E-state index in [0.29, 0.717) is 11.3 Å². The largest absolute Gasteiger partial charge is 0.341 e. The van der Waals surface area contributed by atoms with Crippen LogP contribution >= 0.6 is 0 Å². The summed E-state index contributed by atoms with van der Waals surface area (Å²) in [6, 6.07) is 6.02. The number of aryl methyl sites for hydroxylation is 2. The summed E-state index contributed by atoms with van der Waals surface area (Å²) in [6.45, 7) is 1.82. The highest BCUT2D eigenvalue weighted by Gasteiger charge is 2.26. The molecule has 1 N–H and O–H groups in total. The highest BCUT2D eigenvalue weighted by Crippen LogP contribution is 2.21. The molecule has 26 heavy (non-hydrogen) atoms. The molecule has 0 radical (unpaired) electrons. The molecule has 3 rings (SSSR count). The average molecular weight is 380 g/mol. The highest BCUT2D eigenvalue weighted by molar-refractivity contribution is 7.91. The average Bonchev–Trinajstić information content (AvgIpc) is 2.88. The predicted molar refractivity (Wildman–Crippen MR) is 90.8 cm³/mol. The van der Waals surface area contributed by atoms with Gasteiger partial charge in [-0.3, -0.25) is 9.48 Å². The van der Waals surface area contributed by atoms with Crippen LogP contribution in [0, 0.1) is 6.92 Å². The third-order valence-corrected chi connectivity index (χ3v) is 5.20. The van der Waals surface area contributed by atoms with Gasteiger partial charge in [0.15, 0.2) is 5.65 Å². The summed E-state index contributed by atoms with van der Waals surface area (Å²) in [5, 5.41) is 7.65. The fourth-order valence-corrected chi connectivity index (χ4v) is 3.20.